The lowest BCUT2D eigenvalue weighted by Crippen LogP contribution is -1.91. The molecule has 1 heterocycles. The summed E-state index contributed by atoms with van der Waals surface area (Å²) in [5, 5.41) is 8.47. The Morgan fingerprint density at radius 3 is 2.50 bits per heavy atom. The maximum Gasteiger partial charge on any atom is 0.321 e. The number of allylic oxidation sites excluding steroid dienone is 1. The Morgan fingerprint density at radius 2 is 1.89 bits per heavy atom. The Kier molecular flexibility index (Phi) is 3.86. The summed E-state index contributed by atoms with van der Waals surface area (Å²) in [5.74, 6) is -0.0200. The van der Waals surface area contributed by atoms with Gasteiger partial charge in [0.05, 0.1) is 0 Å². The number of aromatic nitrogens is 2. The largest absolute Gasteiger partial charge is 0.513 e. The van der Waals surface area contributed by atoms with Crippen LogP contribution in [0.2, 0.25) is 0 Å². The van der Waals surface area contributed by atoms with Crippen molar-refractivity contribution in [1.29, 1.82) is 0 Å². The maximum atomic E-state index is 12.8. The molecule has 1 aromatic heterocycles. The van der Waals surface area contributed by atoms with E-state index >= 15 is 0 Å². The first kappa shape index (κ1) is 12.0. The second kappa shape index (κ2) is 5.77. The molecule has 0 atom stereocenters. The van der Waals surface area contributed by atoms with Gasteiger partial charge in [-0.2, -0.15) is 0 Å². The minimum Gasteiger partial charge on any atom is -0.513 e. The van der Waals surface area contributed by atoms with Gasteiger partial charge in [0.25, 0.3) is 0 Å². The molecule has 0 saturated heterocycles. The van der Waals surface area contributed by atoms with E-state index in [1.54, 1.807) is 42.7 Å². The van der Waals surface area contributed by atoms with Gasteiger partial charge in [-0.3, -0.25) is 0 Å². The number of halogens is 1. The summed E-state index contributed by atoms with van der Waals surface area (Å²) < 4.78 is 18.2. The van der Waals surface area contributed by atoms with Gasteiger partial charge in [0.15, 0.2) is 0 Å². The van der Waals surface area contributed by atoms with Crippen LogP contribution in [0, 0.1) is 0 Å². The number of rotatable bonds is 4. The Morgan fingerprint density at radius 1 is 1.22 bits per heavy atom. The smallest absolute Gasteiger partial charge is 0.321 e. The molecule has 2 rings (SSSR count). The van der Waals surface area contributed by atoms with E-state index in [2.05, 4.69) is 9.97 Å². The Labute approximate surface area is 103 Å². The third-order valence-corrected chi connectivity index (χ3v) is 2.19. The van der Waals surface area contributed by atoms with Gasteiger partial charge in [0, 0.05) is 18.8 Å². The lowest BCUT2D eigenvalue weighted by atomic mass is 10.1. The van der Waals surface area contributed by atoms with Crippen molar-refractivity contribution in [2.45, 2.75) is 6.42 Å². The number of hydrogen-bond acceptors (Lipinski definition) is 4. The van der Waals surface area contributed by atoms with E-state index in [1.165, 1.54) is 0 Å². The molecular weight excluding hydrogens is 235 g/mol. The van der Waals surface area contributed by atoms with Crippen molar-refractivity contribution in [3.8, 4) is 11.8 Å². The van der Waals surface area contributed by atoms with E-state index < -0.39 is 5.83 Å². The van der Waals surface area contributed by atoms with Gasteiger partial charge >= 0.3 is 6.01 Å². The van der Waals surface area contributed by atoms with Crippen molar-refractivity contribution in [2.75, 3.05) is 0 Å². The van der Waals surface area contributed by atoms with Crippen LogP contribution < -0.4 is 4.74 Å². The molecule has 1 N–H and O–H groups in total. The zero-order valence-corrected chi connectivity index (χ0v) is 9.45. The van der Waals surface area contributed by atoms with Crippen molar-refractivity contribution in [1.82, 2.24) is 9.97 Å². The minimum absolute atomic E-state index is 0.0542. The van der Waals surface area contributed by atoms with Gasteiger partial charge in [0.2, 0.25) is 0 Å². The van der Waals surface area contributed by atoms with Crippen LogP contribution in [0.4, 0.5) is 4.39 Å². The van der Waals surface area contributed by atoms with Crippen molar-refractivity contribution >= 4 is 0 Å². The quantitative estimate of drug-likeness (QED) is 0.842. The molecular formula is C13H11FN2O2. The van der Waals surface area contributed by atoms with E-state index in [0.29, 0.717) is 12.0 Å². The molecule has 0 bridgehead atoms. The summed E-state index contributed by atoms with van der Waals surface area (Å²) in [5.41, 5.74) is 0.735. The van der Waals surface area contributed by atoms with Crippen LogP contribution in [0.5, 0.6) is 11.8 Å². The minimum atomic E-state index is -0.588. The first-order chi connectivity index (χ1) is 8.78. The van der Waals surface area contributed by atoms with Crippen molar-refractivity contribution in [3.05, 3.63) is 60.4 Å². The van der Waals surface area contributed by atoms with Crippen LogP contribution in [-0.2, 0) is 6.42 Å². The highest BCUT2D eigenvalue weighted by Crippen LogP contribution is 2.19. The Hall–Kier alpha value is -2.43. The number of aliphatic hydroxyl groups is 1. The molecule has 4 nitrogen and oxygen atoms in total. The van der Waals surface area contributed by atoms with Crippen LogP contribution in [0.15, 0.2) is 54.8 Å². The number of ether oxygens (including phenoxy) is 1. The van der Waals surface area contributed by atoms with E-state index in [4.69, 9.17) is 9.84 Å². The van der Waals surface area contributed by atoms with E-state index in [1.807, 2.05) is 0 Å². The van der Waals surface area contributed by atoms with Gasteiger partial charge in [-0.05, 0) is 23.8 Å². The van der Waals surface area contributed by atoms with Gasteiger partial charge < -0.3 is 9.84 Å². The van der Waals surface area contributed by atoms with Gasteiger partial charge in [0.1, 0.15) is 17.8 Å². The molecule has 0 aliphatic rings. The number of hydrogen-bond donors (Lipinski definition) is 1. The first-order valence-corrected chi connectivity index (χ1v) is 5.30. The molecule has 0 aliphatic heterocycles. The average molecular weight is 246 g/mol. The van der Waals surface area contributed by atoms with Crippen LogP contribution >= 0.6 is 0 Å². The van der Waals surface area contributed by atoms with E-state index in [0.717, 1.165) is 5.56 Å². The third-order valence-electron chi connectivity index (χ3n) is 2.19. The summed E-state index contributed by atoms with van der Waals surface area (Å²) >= 11 is 0. The first-order valence-electron chi connectivity index (χ1n) is 5.30. The molecule has 0 radical (unpaired) electrons. The van der Waals surface area contributed by atoms with Crippen LogP contribution in [0.1, 0.15) is 5.56 Å². The molecule has 1 aromatic carbocycles. The fraction of sp³-hybridized carbons (Fsp3) is 0.0769. The zero-order valence-electron chi connectivity index (χ0n) is 9.45. The molecule has 0 spiro atoms. The maximum absolute atomic E-state index is 12.8. The van der Waals surface area contributed by atoms with Crippen LogP contribution in [0.25, 0.3) is 0 Å². The van der Waals surface area contributed by atoms with Gasteiger partial charge in [-0.1, -0.05) is 12.1 Å². The normalized spacial score (nSPS) is 11.3. The Balaban J connectivity index is 2.04. The van der Waals surface area contributed by atoms with Gasteiger partial charge in [-0.15, -0.1) is 0 Å². The molecule has 0 amide bonds. The average Bonchev–Trinajstić information content (AvgIpc) is 2.42. The zero-order chi connectivity index (χ0) is 12.8. The van der Waals surface area contributed by atoms with Crippen molar-refractivity contribution in [2.24, 2.45) is 0 Å². The number of aliphatic hydroxyl groups excluding tert-OH is 1. The summed E-state index contributed by atoms with van der Waals surface area (Å²) in [7, 11) is 0. The molecule has 5 heteroatoms. The molecule has 18 heavy (non-hydrogen) atoms. The van der Waals surface area contributed by atoms with Crippen molar-refractivity contribution in [3.63, 3.8) is 0 Å². The van der Waals surface area contributed by atoms with Gasteiger partial charge in [-0.25, -0.2) is 14.4 Å². The van der Waals surface area contributed by atoms with Crippen molar-refractivity contribution < 1.29 is 14.2 Å². The highest BCUT2D eigenvalue weighted by Gasteiger charge is 2.01. The van der Waals surface area contributed by atoms with Crippen LogP contribution in [0.3, 0.4) is 0 Å². The topological polar surface area (TPSA) is 55.2 Å². The summed E-state index contributed by atoms with van der Waals surface area (Å²) in [6.45, 7) is 0. The lowest BCUT2D eigenvalue weighted by molar-refractivity contribution is 0.435. The predicted octanol–water partition coefficient (Wildman–Crippen LogP) is 3.18. The van der Waals surface area contributed by atoms with E-state index in [-0.39, 0.29) is 12.4 Å². The predicted molar refractivity (Wildman–Crippen MR) is 64.1 cm³/mol. The second-order valence-electron chi connectivity index (χ2n) is 3.53. The molecule has 92 valence electrons. The second-order valence-corrected chi connectivity index (χ2v) is 3.53. The molecule has 0 fully saturated rings. The number of benzene rings is 1. The lowest BCUT2D eigenvalue weighted by Gasteiger charge is -2.04. The Bertz CT molecular complexity index is 526. The highest BCUT2D eigenvalue weighted by atomic mass is 19.1. The number of nitrogens with zero attached hydrogens (tertiary/aromatic N) is 2. The monoisotopic (exact) mass is 246 g/mol. The summed E-state index contributed by atoms with van der Waals surface area (Å²) in [6.07, 6.45) is 3.68. The molecule has 2 aromatic rings. The fourth-order valence-corrected chi connectivity index (χ4v) is 1.36. The van der Waals surface area contributed by atoms with E-state index in [9.17, 15) is 4.39 Å². The molecule has 0 unspecified atom stereocenters. The fourth-order valence-electron chi connectivity index (χ4n) is 1.36. The molecule has 0 aliphatic carbocycles. The summed E-state index contributed by atoms with van der Waals surface area (Å²) in [4.78, 5) is 7.85. The summed E-state index contributed by atoms with van der Waals surface area (Å²) in [6, 6.07) is 8.75. The SMILES string of the molecule is O/C=C(\F)Cc1ccc(Oc2ncccn2)cc1. The standard InChI is InChI=1S/C13H11FN2O2/c14-11(9-17)8-10-2-4-12(5-3-10)18-13-15-6-1-7-16-13/h1-7,9,17H,8H2/b11-9-. The van der Waals surface area contributed by atoms with Crippen LogP contribution in [-0.4, -0.2) is 15.1 Å². The highest BCUT2D eigenvalue weighted by molar-refractivity contribution is 5.30. The molecule has 0 saturated carbocycles. The third kappa shape index (κ3) is 3.28.